The number of anilines is 1. The SMILES string of the molecule is COc1ccc(C=NNc2nc(-c3ccccc3)c(C#N)c(=O)[nH]2)cc1COc1cc(C)ccc1[N+](=O)[O-]. The summed E-state index contributed by atoms with van der Waals surface area (Å²) in [6, 6.07) is 20.7. The zero-order valence-electron chi connectivity index (χ0n) is 20.5. The molecular formula is C27H22N6O5. The minimum Gasteiger partial charge on any atom is -0.496 e. The van der Waals surface area contributed by atoms with E-state index in [0.29, 0.717) is 22.4 Å². The van der Waals surface area contributed by atoms with Gasteiger partial charge in [0.2, 0.25) is 5.95 Å². The van der Waals surface area contributed by atoms with Crippen molar-refractivity contribution in [2.24, 2.45) is 5.10 Å². The van der Waals surface area contributed by atoms with Crippen LogP contribution in [0.4, 0.5) is 11.6 Å². The van der Waals surface area contributed by atoms with Gasteiger partial charge in [0.05, 0.1) is 23.9 Å². The molecule has 0 aliphatic rings. The number of nitriles is 1. The fourth-order valence-electron chi connectivity index (χ4n) is 3.64. The van der Waals surface area contributed by atoms with Crippen LogP contribution in [0.5, 0.6) is 11.5 Å². The summed E-state index contributed by atoms with van der Waals surface area (Å²) in [5.41, 5.74) is 4.86. The van der Waals surface area contributed by atoms with Gasteiger partial charge in [0.25, 0.3) is 5.56 Å². The van der Waals surface area contributed by atoms with Gasteiger partial charge in [-0.05, 0) is 42.3 Å². The number of nitrogens with one attached hydrogen (secondary N) is 2. The Bertz CT molecular complexity index is 1610. The summed E-state index contributed by atoms with van der Waals surface area (Å²) < 4.78 is 11.2. The van der Waals surface area contributed by atoms with Crippen LogP contribution in [0.15, 0.2) is 76.6 Å². The van der Waals surface area contributed by atoms with Gasteiger partial charge in [-0.2, -0.15) is 10.4 Å². The standard InChI is InChI=1S/C27H22N6O5/c1-17-8-10-22(33(35)36)24(12-17)38-16-20-13-18(9-11-23(20)37-2)15-29-32-27-30-25(19-6-4-3-5-7-19)21(14-28)26(34)31-27/h3-13,15H,16H2,1-2H3,(H2,30,31,32,34). The van der Waals surface area contributed by atoms with E-state index in [1.165, 1.54) is 19.4 Å². The van der Waals surface area contributed by atoms with Crippen LogP contribution in [0, 0.1) is 28.4 Å². The van der Waals surface area contributed by atoms with Gasteiger partial charge in [0.15, 0.2) is 5.75 Å². The van der Waals surface area contributed by atoms with Gasteiger partial charge >= 0.3 is 5.69 Å². The lowest BCUT2D eigenvalue weighted by Gasteiger charge is -2.12. The number of methoxy groups -OCH3 is 1. The van der Waals surface area contributed by atoms with Gasteiger partial charge < -0.3 is 9.47 Å². The van der Waals surface area contributed by atoms with Crippen LogP contribution in [-0.2, 0) is 6.61 Å². The number of ether oxygens (including phenoxy) is 2. The predicted molar refractivity (Wildman–Crippen MR) is 141 cm³/mol. The minimum absolute atomic E-state index is 0.0213. The van der Waals surface area contributed by atoms with Gasteiger partial charge in [0, 0.05) is 17.2 Å². The molecule has 11 nitrogen and oxygen atoms in total. The number of H-pyrrole nitrogens is 1. The number of hydrogen-bond donors (Lipinski definition) is 2. The van der Waals surface area contributed by atoms with Crippen molar-refractivity contribution in [1.82, 2.24) is 9.97 Å². The highest BCUT2D eigenvalue weighted by Crippen LogP contribution is 2.30. The Morgan fingerprint density at radius 1 is 1.16 bits per heavy atom. The number of hydrogen-bond acceptors (Lipinski definition) is 9. The molecule has 0 aliphatic carbocycles. The van der Waals surface area contributed by atoms with Crippen LogP contribution in [-0.4, -0.2) is 28.2 Å². The van der Waals surface area contributed by atoms with E-state index in [9.17, 15) is 20.2 Å². The fourth-order valence-corrected chi connectivity index (χ4v) is 3.64. The number of rotatable bonds is 9. The summed E-state index contributed by atoms with van der Waals surface area (Å²) in [4.78, 5) is 30.1. The van der Waals surface area contributed by atoms with Gasteiger partial charge in [-0.1, -0.05) is 36.4 Å². The van der Waals surface area contributed by atoms with Crippen molar-refractivity contribution < 1.29 is 14.4 Å². The molecule has 0 spiro atoms. The molecule has 4 rings (SSSR count). The summed E-state index contributed by atoms with van der Waals surface area (Å²) in [6.07, 6.45) is 1.50. The number of nitro benzene ring substituents is 1. The molecule has 0 unspecified atom stereocenters. The molecule has 11 heteroatoms. The lowest BCUT2D eigenvalue weighted by molar-refractivity contribution is -0.386. The Balaban J connectivity index is 1.54. The number of benzene rings is 3. The van der Waals surface area contributed by atoms with Crippen LogP contribution in [0.1, 0.15) is 22.3 Å². The van der Waals surface area contributed by atoms with E-state index < -0.39 is 10.5 Å². The van der Waals surface area contributed by atoms with Gasteiger partial charge in [0.1, 0.15) is 24.0 Å². The van der Waals surface area contributed by atoms with E-state index in [4.69, 9.17) is 9.47 Å². The molecule has 0 atom stereocenters. The fraction of sp³-hybridized carbons (Fsp3) is 0.111. The van der Waals surface area contributed by atoms with Gasteiger partial charge in [-0.25, -0.2) is 10.4 Å². The van der Waals surface area contributed by atoms with Crippen LogP contribution >= 0.6 is 0 Å². The molecule has 0 saturated heterocycles. The summed E-state index contributed by atoms with van der Waals surface area (Å²) >= 11 is 0. The highest BCUT2D eigenvalue weighted by molar-refractivity contribution is 5.81. The van der Waals surface area contributed by atoms with Gasteiger partial charge in [-0.15, -0.1) is 0 Å². The van der Waals surface area contributed by atoms with Crippen LogP contribution in [0.25, 0.3) is 11.3 Å². The molecule has 38 heavy (non-hydrogen) atoms. The zero-order valence-corrected chi connectivity index (χ0v) is 20.5. The van der Waals surface area contributed by atoms with E-state index in [1.807, 2.05) is 19.1 Å². The third-order valence-electron chi connectivity index (χ3n) is 5.46. The highest BCUT2D eigenvalue weighted by Gasteiger charge is 2.16. The number of hydrazone groups is 1. The molecule has 1 heterocycles. The average molecular weight is 511 g/mol. The number of aromatic nitrogens is 2. The smallest absolute Gasteiger partial charge is 0.310 e. The molecule has 0 saturated carbocycles. The second kappa shape index (κ2) is 11.5. The van der Waals surface area contributed by atoms with E-state index in [0.717, 1.165) is 5.56 Å². The van der Waals surface area contributed by atoms with Crippen LogP contribution in [0.3, 0.4) is 0 Å². The van der Waals surface area contributed by atoms with Crippen molar-refractivity contribution in [3.63, 3.8) is 0 Å². The molecule has 2 N–H and O–H groups in total. The lowest BCUT2D eigenvalue weighted by atomic mass is 10.1. The van der Waals surface area contributed by atoms with Crippen LogP contribution < -0.4 is 20.5 Å². The predicted octanol–water partition coefficient (Wildman–Crippen LogP) is 4.56. The zero-order chi connectivity index (χ0) is 27.1. The third-order valence-corrected chi connectivity index (χ3v) is 5.46. The quantitative estimate of drug-likeness (QED) is 0.189. The molecule has 0 radical (unpaired) electrons. The Morgan fingerprint density at radius 3 is 2.66 bits per heavy atom. The van der Waals surface area contributed by atoms with Crippen molar-refractivity contribution in [3.05, 3.63) is 109 Å². The van der Waals surface area contributed by atoms with Crippen LogP contribution in [0.2, 0.25) is 0 Å². The second-order valence-corrected chi connectivity index (χ2v) is 8.07. The molecule has 0 aliphatic heterocycles. The maximum atomic E-state index is 12.4. The molecule has 1 aromatic heterocycles. The number of nitrogens with zero attached hydrogens (tertiary/aromatic N) is 4. The monoisotopic (exact) mass is 510 g/mol. The Morgan fingerprint density at radius 2 is 1.95 bits per heavy atom. The molecule has 0 amide bonds. The maximum Gasteiger partial charge on any atom is 0.310 e. The first-order chi connectivity index (χ1) is 18.4. The second-order valence-electron chi connectivity index (χ2n) is 8.07. The van der Waals surface area contributed by atoms with Crippen molar-refractivity contribution in [3.8, 4) is 28.8 Å². The van der Waals surface area contributed by atoms with Crippen molar-refractivity contribution in [2.45, 2.75) is 13.5 Å². The molecule has 3 aromatic carbocycles. The first kappa shape index (κ1) is 25.6. The number of aromatic amines is 1. The van der Waals surface area contributed by atoms with E-state index in [1.54, 1.807) is 54.6 Å². The molecule has 0 bridgehead atoms. The molecule has 4 aromatic rings. The molecule has 190 valence electrons. The van der Waals surface area contributed by atoms with Crippen molar-refractivity contribution in [2.75, 3.05) is 12.5 Å². The normalized spacial score (nSPS) is 10.7. The van der Waals surface area contributed by atoms with Crippen molar-refractivity contribution >= 4 is 17.9 Å². The van der Waals surface area contributed by atoms with E-state index >= 15 is 0 Å². The van der Waals surface area contributed by atoms with E-state index in [2.05, 4.69) is 20.5 Å². The topological polar surface area (TPSA) is 156 Å². The maximum absolute atomic E-state index is 12.4. The van der Waals surface area contributed by atoms with Crippen molar-refractivity contribution in [1.29, 1.82) is 5.26 Å². The Hall–Kier alpha value is -5.50. The average Bonchev–Trinajstić information content (AvgIpc) is 2.92. The van der Waals surface area contributed by atoms with E-state index in [-0.39, 0.29) is 35.2 Å². The van der Waals surface area contributed by atoms with Gasteiger partial charge in [-0.3, -0.25) is 19.9 Å². The molecule has 0 fully saturated rings. The molecular weight excluding hydrogens is 488 g/mol. The first-order valence-corrected chi connectivity index (χ1v) is 11.3. The highest BCUT2D eigenvalue weighted by atomic mass is 16.6. The Labute approximate surface area is 217 Å². The summed E-state index contributed by atoms with van der Waals surface area (Å²) in [6.45, 7) is 1.84. The first-order valence-electron chi connectivity index (χ1n) is 11.3. The number of nitro groups is 1. The number of aryl methyl sites for hydroxylation is 1. The minimum atomic E-state index is -0.590. The summed E-state index contributed by atoms with van der Waals surface area (Å²) in [5, 5.41) is 24.9. The third kappa shape index (κ3) is 5.83. The Kier molecular flexibility index (Phi) is 7.74. The summed E-state index contributed by atoms with van der Waals surface area (Å²) in [5.74, 6) is 0.756. The lowest BCUT2D eigenvalue weighted by Crippen LogP contribution is -2.16. The largest absolute Gasteiger partial charge is 0.496 e. The summed E-state index contributed by atoms with van der Waals surface area (Å²) in [7, 11) is 1.51.